The second-order valence-electron chi connectivity index (χ2n) is 8.11. The van der Waals surface area contributed by atoms with Crippen LogP contribution in [0.1, 0.15) is 30.0 Å². The van der Waals surface area contributed by atoms with Crippen LogP contribution in [0.15, 0.2) is 40.5 Å². The van der Waals surface area contributed by atoms with Gasteiger partial charge in [-0.3, -0.25) is 14.5 Å². The third kappa shape index (κ3) is 3.95. The molecule has 2 heterocycles. The van der Waals surface area contributed by atoms with Crippen molar-refractivity contribution >= 4 is 23.0 Å². The standard InChI is InChI=1S/C23H27N3O3/c1-15-11-18(24-22(15)23(28)25(2)3)13-19-20(27)12-16-5-4-6-17(21(16)19)14-26-7-9-29-10-8-26/h4-6,13H,7-12,14H2,1-3H3/b19-13+. The average Bonchev–Trinajstić information content (AvgIpc) is 3.22. The van der Waals surface area contributed by atoms with Gasteiger partial charge >= 0.3 is 0 Å². The van der Waals surface area contributed by atoms with Crippen molar-refractivity contribution in [1.82, 2.24) is 9.80 Å². The van der Waals surface area contributed by atoms with Crippen molar-refractivity contribution in [1.29, 1.82) is 0 Å². The van der Waals surface area contributed by atoms with Gasteiger partial charge in [0.25, 0.3) is 5.91 Å². The molecule has 6 nitrogen and oxygen atoms in total. The molecule has 0 atom stereocenters. The maximum Gasteiger partial charge on any atom is 0.271 e. The Kier molecular flexibility index (Phi) is 5.48. The number of allylic oxidation sites excluding steroid dienone is 3. The fourth-order valence-corrected chi connectivity index (χ4v) is 4.16. The molecule has 152 valence electrons. The van der Waals surface area contributed by atoms with Crippen LogP contribution in [0, 0.1) is 0 Å². The van der Waals surface area contributed by atoms with E-state index >= 15 is 0 Å². The molecular weight excluding hydrogens is 366 g/mol. The Morgan fingerprint density at radius 1 is 1.24 bits per heavy atom. The maximum atomic E-state index is 12.8. The van der Waals surface area contributed by atoms with Crippen LogP contribution in [-0.2, 0) is 27.3 Å². The molecule has 29 heavy (non-hydrogen) atoms. The van der Waals surface area contributed by atoms with Gasteiger partial charge in [0.15, 0.2) is 5.78 Å². The lowest BCUT2D eigenvalue weighted by molar-refractivity contribution is -0.124. The van der Waals surface area contributed by atoms with Gasteiger partial charge in [0.05, 0.1) is 13.2 Å². The Bertz CT molecular complexity index is 950. The van der Waals surface area contributed by atoms with Crippen LogP contribution in [0.3, 0.4) is 0 Å². The summed E-state index contributed by atoms with van der Waals surface area (Å²) in [6, 6.07) is 6.19. The minimum atomic E-state index is -0.0953. The van der Waals surface area contributed by atoms with E-state index in [1.165, 1.54) is 10.5 Å². The number of Topliss-reactive ketones (excluding diaryl/α,β-unsaturated/α-hetero) is 1. The van der Waals surface area contributed by atoms with E-state index in [1.807, 2.05) is 25.1 Å². The first-order valence-electron chi connectivity index (χ1n) is 10.1. The number of morpholine rings is 1. The number of benzene rings is 1. The number of carbonyl (C=O) groups is 2. The van der Waals surface area contributed by atoms with Crippen LogP contribution >= 0.6 is 0 Å². The molecule has 3 aliphatic rings. The fraction of sp³-hybridized carbons (Fsp3) is 0.435. The van der Waals surface area contributed by atoms with Crippen LogP contribution < -0.4 is 0 Å². The number of aliphatic imine (C=N–C) groups is 1. The van der Waals surface area contributed by atoms with Gasteiger partial charge in [-0.05, 0) is 35.3 Å². The summed E-state index contributed by atoms with van der Waals surface area (Å²) in [7, 11) is 3.45. The average molecular weight is 393 g/mol. The van der Waals surface area contributed by atoms with Crippen molar-refractivity contribution in [3.05, 3.63) is 52.2 Å². The number of hydrogen-bond acceptors (Lipinski definition) is 5. The largest absolute Gasteiger partial charge is 0.379 e. The Morgan fingerprint density at radius 3 is 2.72 bits per heavy atom. The molecule has 1 aliphatic carbocycles. The van der Waals surface area contributed by atoms with Gasteiger partial charge in [-0.15, -0.1) is 0 Å². The van der Waals surface area contributed by atoms with E-state index in [4.69, 9.17) is 4.74 Å². The summed E-state index contributed by atoms with van der Waals surface area (Å²) in [4.78, 5) is 33.6. The molecular formula is C23H27N3O3. The number of likely N-dealkylation sites (N-methyl/N-ethyl adjacent to an activating group) is 1. The SMILES string of the molecule is CC1=C(C(=O)N(C)C)N=C(/C=C2\C(=O)Cc3cccc(CN4CCOCC4)c32)C1. The van der Waals surface area contributed by atoms with Crippen molar-refractivity contribution in [2.24, 2.45) is 4.99 Å². The van der Waals surface area contributed by atoms with Gasteiger partial charge in [-0.25, -0.2) is 4.99 Å². The minimum absolute atomic E-state index is 0.0953. The second kappa shape index (κ2) is 8.05. The number of fused-ring (bicyclic) bond motifs is 1. The second-order valence-corrected chi connectivity index (χ2v) is 8.11. The van der Waals surface area contributed by atoms with Gasteiger partial charge in [-0.2, -0.15) is 0 Å². The monoisotopic (exact) mass is 393 g/mol. The molecule has 0 radical (unpaired) electrons. The van der Waals surface area contributed by atoms with E-state index in [-0.39, 0.29) is 11.7 Å². The van der Waals surface area contributed by atoms with Crippen LogP contribution in [0.25, 0.3) is 5.57 Å². The first kappa shape index (κ1) is 19.7. The lowest BCUT2D eigenvalue weighted by Crippen LogP contribution is -2.35. The van der Waals surface area contributed by atoms with E-state index in [2.05, 4.69) is 16.0 Å². The van der Waals surface area contributed by atoms with E-state index in [9.17, 15) is 9.59 Å². The quantitative estimate of drug-likeness (QED) is 0.736. The molecule has 0 aromatic heterocycles. The third-order valence-corrected chi connectivity index (χ3v) is 5.68. The zero-order chi connectivity index (χ0) is 20.5. The van der Waals surface area contributed by atoms with Crippen LogP contribution in [0.2, 0.25) is 0 Å². The van der Waals surface area contributed by atoms with Crippen molar-refractivity contribution in [3.63, 3.8) is 0 Å². The van der Waals surface area contributed by atoms with Crippen LogP contribution in [0.5, 0.6) is 0 Å². The van der Waals surface area contributed by atoms with E-state index in [1.54, 1.807) is 14.1 Å². The van der Waals surface area contributed by atoms with Gasteiger partial charge in [0.2, 0.25) is 0 Å². The van der Waals surface area contributed by atoms with Crippen LogP contribution in [0.4, 0.5) is 0 Å². The van der Waals surface area contributed by atoms with Crippen molar-refractivity contribution in [2.45, 2.75) is 26.3 Å². The Labute approximate surface area is 171 Å². The summed E-state index contributed by atoms with van der Waals surface area (Å²) >= 11 is 0. The molecule has 0 N–H and O–H groups in total. The number of amides is 1. The summed E-state index contributed by atoms with van der Waals surface area (Å²) in [5.74, 6) is 0.0317. The molecule has 1 aromatic carbocycles. The molecule has 0 unspecified atom stereocenters. The molecule has 1 fully saturated rings. The lowest BCUT2D eigenvalue weighted by atomic mass is 9.97. The normalized spacial score (nSPS) is 21.0. The maximum absolute atomic E-state index is 12.8. The number of rotatable bonds is 4. The minimum Gasteiger partial charge on any atom is -0.379 e. The molecule has 0 saturated carbocycles. The topological polar surface area (TPSA) is 62.2 Å². The number of carbonyl (C=O) groups excluding carboxylic acids is 2. The molecule has 2 aliphatic heterocycles. The highest BCUT2D eigenvalue weighted by atomic mass is 16.5. The van der Waals surface area contributed by atoms with E-state index in [0.717, 1.165) is 60.8 Å². The smallest absolute Gasteiger partial charge is 0.271 e. The first-order valence-corrected chi connectivity index (χ1v) is 10.1. The Balaban J connectivity index is 1.65. The highest BCUT2D eigenvalue weighted by Crippen LogP contribution is 2.34. The molecule has 1 amide bonds. The van der Waals surface area contributed by atoms with E-state index < -0.39 is 0 Å². The first-order chi connectivity index (χ1) is 13.9. The highest BCUT2D eigenvalue weighted by Gasteiger charge is 2.29. The van der Waals surface area contributed by atoms with Crippen molar-refractivity contribution in [3.8, 4) is 0 Å². The number of nitrogens with zero attached hydrogens (tertiary/aromatic N) is 3. The Hall–Kier alpha value is -2.57. The fourth-order valence-electron chi connectivity index (χ4n) is 4.16. The van der Waals surface area contributed by atoms with Crippen molar-refractivity contribution < 1.29 is 14.3 Å². The van der Waals surface area contributed by atoms with Gasteiger partial charge < -0.3 is 9.64 Å². The molecule has 1 aromatic rings. The summed E-state index contributed by atoms with van der Waals surface area (Å²) in [6.07, 6.45) is 2.93. The predicted molar refractivity (Wildman–Crippen MR) is 113 cm³/mol. The number of hydrogen-bond donors (Lipinski definition) is 0. The molecule has 4 rings (SSSR count). The predicted octanol–water partition coefficient (Wildman–Crippen LogP) is 2.23. The van der Waals surface area contributed by atoms with Gasteiger partial charge in [0.1, 0.15) is 5.70 Å². The highest BCUT2D eigenvalue weighted by molar-refractivity contribution is 6.30. The van der Waals surface area contributed by atoms with Crippen LogP contribution in [-0.4, -0.2) is 67.6 Å². The summed E-state index contributed by atoms with van der Waals surface area (Å²) < 4.78 is 5.45. The lowest BCUT2D eigenvalue weighted by Gasteiger charge is -2.27. The van der Waals surface area contributed by atoms with Gasteiger partial charge in [-0.1, -0.05) is 18.2 Å². The summed E-state index contributed by atoms with van der Waals surface area (Å²) in [5, 5.41) is 0. The third-order valence-electron chi connectivity index (χ3n) is 5.68. The zero-order valence-electron chi connectivity index (χ0n) is 17.3. The molecule has 6 heteroatoms. The molecule has 0 spiro atoms. The number of ketones is 1. The molecule has 1 saturated heterocycles. The number of ether oxygens (including phenoxy) is 1. The zero-order valence-corrected chi connectivity index (χ0v) is 17.3. The van der Waals surface area contributed by atoms with E-state index in [0.29, 0.717) is 18.5 Å². The summed E-state index contributed by atoms with van der Waals surface area (Å²) in [6.45, 7) is 6.05. The van der Waals surface area contributed by atoms with Gasteiger partial charge in [0, 0.05) is 57.9 Å². The molecule has 0 bridgehead atoms. The van der Waals surface area contributed by atoms with Crippen molar-refractivity contribution in [2.75, 3.05) is 40.4 Å². The summed E-state index contributed by atoms with van der Waals surface area (Å²) in [5.41, 5.74) is 6.27. The Morgan fingerprint density at radius 2 is 2.00 bits per heavy atom.